The van der Waals surface area contributed by atoms with Crippen LogP contribution in [-0.4, -0.2) is 20.4 Å². The van der Waals surface area contributed by atoms with E-state index in [1.165, 1.54) is 0 Å². The smallest absolute Gasteiger partial charge is 0.228 e. The van der Waals surface area contributed by atoms with Gasteiger partial charge in [-0.2, -0.15) is 0 Å². The highest BCUT2D eigenvalue weighted by molar-refractivity contribution is 7.09. The molecule has 2 aromatic rings. The van der Waals surface area contributed by atoms with E-state index >= 15 is 0 Å². The summed E-state index contributed by atoms with van der Waals surface area (Å²) in [6.07, 6.45) is 7.30. The number of aromatic nitrogens is 3. The van der Waals surface area contributed by atoms with Crippen molar-refractivity contribution in [2.24, 2.45) is 5.41 Å². The van der Waals surface area contributed by atoms with E-state index in [1.807, 2.05) is 30.0 Å². The molecule has 106 valence electrons. The zero-order chi connectivity index (χ0) is 14.2. The number of hydrogen-bond acceptors (Lipinski definition) is 4. The van der Waals surface area contributed by atoms with Crippen molar-refractivity contribution in [2.75, 3.05) is 0 Å². The van der Waals surface area contributed by atoms with E-state index in [4.69, 9.17) is 0 Å². The molecule has 3 rings (SSSR count). The number of carbonyl (C=O) groups is 1. The van der Waals surface area contributed by atoms with E-state index in [0.717, 1.165) is 23.5 Å². The molecule has 2 heterocycles. The molecule has 20 heavy (non-hydrogen) atoms. The van der Waals surface area contributed by atoms with Crippen LogP contribution in [0.2, 0.25) is 0 Å². The van der Waals surface area contributed by atoms with Crippen LogP contribution in [0.5, 0.6) is 0 Å². The highest BCUT2D eigenvalue weighted by atomic mass is 32.1. The Kier molecular flexibility index (Phi) is 3.33. The van der Waals surface area contributed by atoms with Crippen LogP contribution in [0, 0.1) is 12.3 Å². The maximum absolute atomic E-state index is 12.5. The lowest BCUT2D eigenvalue weighted by molar-refractivity contribution is -0.127. The third kappa shape index (κ3) is 2.60. The van der Waals surface area contributed by atoms with E-state index in [1.54, 1.807) is 23.9 Å². The van der Waals surface area contributed by atoms with Gasteiger partial charge in [0.25, 0.3) is 0 Å². The Balaban J connectivity index is 1.64. The summed E-state index contributed by atoms with van der Waals surface area (Å²) in [6.45, 7) is 4.67. The van der Waals surface area contributed by atoms with Crippen LogP contribution < -0.4 is 5.32 Å². The Bertz CT molecular complexity index is 600. The number of imidazole rings is 1. The summed E-state index contributed by atoms with van der Waals surface area (Å²) in [6, 6.07) is -0.0264. The quantitative estimate of drug-likeness (QED) is 0.919. The van der Waals surface area contributed by atoms with Gasteiger partial charge < -0.3 is 9.88 Å². The SMILES string of the molecule is Cc1csc([C@@H](C)NC(=O)C2(Cn3ccnc3)CC2)n1. The third-order valence-corrected chi connectivity index (χ3v) is 4.88. The zero-order valence-corrected chi connectivity index (χ0v) is 12.5. The Labute approximate surface area is 122 Å². The number of nitrogens with one attached hydrogen (secondary N) is 1. The van der Waals surface area contributed by atoms with Crippen LogP contribution >= 0.6 is 11.3 Å². The van der Waals surface area contributed by atoms with E-state index in [9.17, 15) is 4.79 Å². The second-order valence-electron chi connectivity index (χ2n) is 5.54. The monoisotopic (exact) mass is 290 g/mol. The lowest BCUT2D eigenvalue weighted by Crippen LogP contribution is -2.36. The minimum absolute atomic E-state index is 0.0264. The summed E-state index contributed by atoms with van der Waals surface area (Å²) < 4.78 is 1.98. The van der Waals surface area contributed by atoms with Gasteiger partial charge in [0.2, 0.25) is 5.91 Å². The first kappa shape index (κ1) is 13.3. The zero-order valence-electron chi connectivity index (χ0n) is 11.7. The molecule has 5 nitrogen and oxygen atoms in total. The fraction of sp³-hybridized carbons (Fsp3) is 0.500. The van der Waals surface area contributed by atoms with Crippen molar-refractivity contribution in [2.45, 2.75) is 39.3 Å². The molecule has 0 saturated heterocycles. The lowest BCUT2D eigenvalue weighted by atomic mass is 10.1. The maximum atomic E-state index is 12.5. The predicted octanol–water partition coefficient (Wildman–Crippen LogP) is 2.31. The average Bonchev–Trinajstić information content (AvgIpc) is 2.83. The Morgan fingerprint density at radius 2 is 2.40 bits per heavy atom. The molecule has 1 aliphatic carbocycles. The van der Waals surface area contributed by atoms with Crippen LogP contribution in [0.3, 0.4) is 0 Å². The van der Waals surface area contributed by atoms with Gasteiger partial charge in [0.15, 0.2) is 0 Å². The van der Waals surface area contributed by atoms with Crippen LogP contribution in [0.15, 0.2) is 24.1 Å². The number of nitrogens with zero attached hydrogens (tertiary/aromatic N) is 3. The fourth-order valence-electron chi connectivity index (χ4n) is 2.32. The van der Waals surface area contributed by atoms with Gasteiger partial charge in [0.1, 0.15) is 5.01 Å². The van der Waals surface area contributed by atoms with Crippen molar-refractivity contribution in [3.05, 3.63) is 34.8 Å². The van der Waals surface area contributed by atoms with E-state index in [0.29, 0.717) is 6.54 Å². The first-order valence-electron chi connectivity index (χ1n) is 6.78. The second-order valence-corrected chi connectivity index (χ2v) is 6.43. The summed E-state index contributed by atoms with van der Waals surface area (Å²) >= 11 is 1.59. The van der Waals surface area contributed by atoms with Gasteiger partial charge in [-0.15, -0.1) is 11.3 Å². The summed E-state index contributed by atoms with van der Waals surface area (Å²) in [4.78, 5) is 20.9. The molecule has 1 amide bonds. The summed E-state index contributed by atoms with van der Waals surface area (Å²) in [5.41, 5.74) is 0.756. The highest BCUT2D eigenvalue weighted by Gasteiger charge is 2.50. The van der Waals surface area contributed by atoms with Gasteiger partial charge >= 0.3 is 0 Å². The Morgan fingerprint density at radius 3 is 2.95 bits per heavy atom. The molecule has 6 heteroatoms. The van der Waals surface area contributed by atoms with Gasteiger partial charge in [0, 0.05) is 30.0 Å². The van der Waals surface area contributed by atoms with E-state index in [2.05, 4.69) is 15.3 Å². The molecule has 0 unspecified atom stereocenters. The molecule has 1 aliphatic rings. The first-order chi connectivity index (χ1) is 9.59. The van der Waals surface area contributed by atoms with Gasteiger partial charge in [0.05, 0.1) is 17.8 Å². The largest absolute Gasteiger partial charge is 0.347 e. The minimum atomic E-state index is -0.249. The first-order valence-corrected chi connectivity index (χ1v) is 7.66. The third-order valence-electron chi connectivity index (χ3n) is 3.73. The number of aryl methyl sites for hydroxylation is 1. The molecule has 0 aliphatic heterocycles. The van der Waals surface area contributed by atoms with Crippen molar-refractivity contribution in [1.29, 1.82) is 0 Å². The van der Waals surface area contributed by atoms with Crippen LogP contribution in [0.1, 0.15) is 36.5 Å². The van der Waals surface area contributed by atoms with Gasteiger partial charge in [-0.25, -0.2) is 9.97 Å². The Morgan fingerprint density at radius 1 is 1.60 bits per heavy atom. The van der Waals surface area contributed by atoms with Gasteiger partial charge in [-0.1, -0.05) is 0 Å². The topological polar surface area (TPSA) is 59.8 Å². The molecule has 1 atom stereocenters. The number of carbonyl (C=O) groups excluding carboxylic acids is 1. The number of rotatable bonds is 5. The Hall–Kier alpha value is -1.69. The molecule has 0 radical (unpaired) electrons. The number of thiazole rings is 1. The predicted molar refractivity (Wildman–Crippen MR) is 77.3 cm³/mol. The summed E-state index contributed by atoms with van der Waals surface area (Å²) in [5, 5.41) is 6.08. The summed E-state index contributed by atoms with van der Waals surface area (Å²) in [5.74, 6) is 0.131. The molecule has 2 aromatic heterocycles. The van der Waals surface area contributed by atoms with Crippen molar-refractivity contribution < 1.29 is 4.79 Å². The van der Waals surface area contributed by atoms with Crippen LogP contribution in [-0.2, 0) is 11.3 Å². The molecule has 0 aromatic carbocycles. The average molecular weight is 290 g/mol. The normalized spacial score (nSPS) is 17.7. The van der Waals surface area contributed by atoms with Crippen molar-refractivity contribution in [1.82, 2.24) is 19.9 Å². The van der Waals surface area contributed by atoms with E-state index < -0.39 is 0 Å². The van der Waals surface area contributed by atoms with Crippen molar-refractivity contribution in [3.8, 4) is 0 Å². The molecule has 1 fully saturated rings. The molecular weight excluding hydrogens is 272 g/mol. The van der Waals surface area contributed by atoms with Gasteiger partial charge in [-0.3, -0.25) is 4.79 Å². The van der Waals surface area contributed by atoms with Crippen LogP contribution in [0.25, 0.3) is 0 Å². The number of amides is 1. The van der Waals surface area contributed by atoms with Crippen LogP contribution in [0.4, 0.5) is 0 Å². The molecule has 1 saturated carbocycles. The fourth-order valence-corrected chi connectivity index (χ4v) is 3.12. The second kappa shape index (κ2) is 5.01. The molecular formula is C14H18N4OS. The number of hydrogen-bond donors (Lipinski definition) is 1. The molecule has 1 N–H and O–H groups in total. The van der Waals surface area contributed by atoms with E-state index in [-0.39, 0.29) is 17.4 Å². The maximum Gasteiger partial charge on any atom is 0.228 e. The van der Waals surface area contributed by atoms with Crippen molar-refractivity contribution in [3.63, 3.8) is 0 Å². The lowest BCUT2D eigenvalue weighted by Gasteiger charge is -2.18. The highest BCUT2D eigenvalue weighted by Crippen LogP contribution is 2.47. The standard InChI is InChI=1S/C14H18N4OS/c1-10-7-20-12(16-10)11(2)17-13(19)14(3-4-14)8-18-6-5-15-9-18/h5-7,9,11H,3-4,8H2,1-2H3,(H,17,19)/t11-/m1/s1. The van der Waals surface area contributed by atoms with Crippen molar-refractivity contribution >= 4 is 17.2 Å². The summed E-state index contributed by atoms with van der Waals surface area (Å²) in [7, 11) is 0. The molecule has 0 bridgehead atoms. The minimum Gasteiger partial charge on any atom is -0.347 e. The molecule has 0 spiro atoms. The van der Waals surface area contributed by atoms with Gasteiger partial charge in [-0.05, 0) is 26.7 Å².